The Kier molecular flexibility index (Phi) is 3.07. The number of allylic oxidation sites excluding steroid dienone is 8. The molecule has 2 aromatic rings. The van der Waals surface area contributed by atoms with Gasteiger partial charge in [0.1, 0.15) is 13.1 Å². The van der Waals surface area contributed by atoms with Crippen LogP contribution in [0.5, 0.6) is 0 Å². The third-order valence-corrected chi connectivity index (χ3v) is 4.25. The van der Waals surface area contributed by atoms with Crippen LogP contribution in [0, 0.1) is 11.8 Å². The van der Waals surface area contributed by atoms with Crippen molar-refractivity contribution in [2.75, 3.05) is 0 Å². The highest BCUT2D eigenvalue weighted by Crippen LogP contribution is 2.18. The average molecular weight is 275 g/mol. The summed E-state index contributed by atoms with van der Waals surface area (Å²) in [5.74, 6) is 1.03. The van der Waals surface area contributed by atoms with E-state index in [-0.39, 0.29) is 0 Å². The highest BCUT2D eigenvalue weighted by molar-refractivity contribution is 5.71. The second-order valence-corrected chi connectivity index (χ2v) is 5.78. The summed E-state index contributed by atoms with van der Waals surface area (Å²) in [6.07, 6.45) is 19.9. The van der Waals surface area contributed by atoms with Gasteiger partial charge in [0.15, 0.2) is 11.0 Å². The lowest BCUT2D eigenvalue weighted by Crippen LogP contribution is -2.35. The van der Waals surface area contributed by atoms with Crippen molar-refractivity contribution in [1.29, 1.82) is 0 Å². The van der Waals surface area contributed by atoms with Gasteiger partial charge in [-0.15, -0.1) is 0 Å². The summed E-state index contributed by atoms with van der Waals surface area (Å²) in [4.78, 5) is 0. The summed E-state index contributed by atoms with van der Waals surface area (Å²) in [6.45, 7) is 2.02. The molecule has 0 aliphatic heterocycles. The quantitative estimate of drug-likeness (QED) is 0.756. The van der Waals surface area contributed by atoms with Gasteiger partial charge in [-0.05, 0) is 12.1 Å². The lowest BCUT2D eigenvalue weighted by Gasteiger charge is -2.02. The SMILES string of the molecule is C1=CC(Cn2c[n+](CC3C=CC=C3)c3ccccc32)C=C1. The Balaban J connectivity index is 1.69. The molecule has 0 atom stereocenters. The number of fused-ring (bicyclic) bond motifs is 1. The van der Waals surface area contributed by atoms with Gasteiger partial charge in [0, 0.05) is 11.8 Å². The van der Waals surface area contributed by atoms with Crippen LogP contribution in [-0.2, 0) is 13.1 Å². The number of benzene rings is 1. The number of hydrogen-bond donors (Lipinski definition) is 0. The van der Waals surface area contributed by atoms with E-state index in [1.54, 1.807) is 0 Å². The first-order valence-electron chi connectivity index (χ1n) is 7.57. The van der Waals surface area contributed by atoms with E-state index in [0.717, 1.165) is 13.1 Å². The minimum atomic E-state index is 0.514. The topological polar surface area (TPSA) is 8.81 Å². The Bertz CT molecular complexity index is 686. The van der Waals surface area contributed by atoms with E-state index >= 15 is 0 Å². The number of aromatic nitrogens is 2. The molecule has 21 heavy (non-hydrogen) atoms. The molecule has 0 bridgehead atoms. The lowest BCUT2D eigenvalue weighted by atomic mass is 10.1. The van der Waals surface area contributed by atoms with Crippen LogP contribution in [0.1, 0.15) is 0 Å². The van der Waals surface area contributed by atoms with E-state index in [1.807, 2.05) is 0 Å². The van der Waals surface area contributed by atoms with Crippen molar-refractivity contribution < 1.29 is 4.57 Å². The standard InChI is InChI=1S/C19H19N2/c1-2-8-16(7-1)13-20-15-21(14-17-9-3-4-10-17)19-12-6-5-11-18(19)20/h1-12,15-17H,13-14H2/q+1. The second kappa shape index (κ2) is 5.21. The Morgan fingerprint density at radius 2 is 1.52 bits per heavy atom. The molecule has 2 nitrogen and oxygen atoms in total. The molecule has 0 radical (unpaired) electrons. The van der Waals surface area contributed by atoms with Crippen LogP contribution >= 0.6 is 0 Å². The summed E-state index contributed by atoms with van der Waals surface area (Å²) in [7, 11) is 0. The Morgan fingerprint density at radius 3 is 2.29 bits per heavy atom. The predicted octanol–water partition coefficient (Wildman–Crippen LogP) is 3.41. The third kappa shape index (κ3) is 2.38. The highest BCUT2D eigenvalue weighted by Gasteiger charge is 2.19. The molecule has 0 amide bonds. The molecule has 2 aliphatic carbocycles. The molecular formula is C19H19N2+. The number of nitrogens with zero attached hydrogens (tertiary/aromatic N) is 2. The zero-order valence-electron chi connectivity index (χ0n) is 12.0. The maximum absolute atomic E-state index is 2.38. The Hall–Kier alpha value is -2.35. The summed E-state index contributed by atoms with van der Waals surface area (Å²) in [5.41, 5.74) is 2.63. The molecule has 4 rings (SSSR count). The highest BCUT2D eigenvalue weighted by atomic mass is 15.1. The molecule has 0 N–H and O–H groups in total. The molecular weight excluding hydrogens is 256 g/mol. The van der Waals surface area contributed by atoms with Gasteiger partial charge in [0.05, 0.1) is 0 Å². The fraction of sp³-hybridized carbons (Fsp3) is 0.211. The van der Waals surface area contributed by atoms with E-state index in [9.17, 15) is 0 Å². The lowest BCUT2D eigenvalue weighted by molar-refractivity contribution is -0.675. The molecule has 1 aromatic heterocycles. The van der Waals surface area contributed by atoms with Crippen LogP contribution in [0.15, 0.2) is 79.2 Å². The van der Waals surface area contributed by atoms with Gasteiger partial charge in [-0.2, -0.15) is 0 Å². The summed E-state index contributed by atoms with van der Waals surface area (Å²) >= 11 is 0. The first kappa shape index (κ1) is 12.4. The van der Waals surface area contributed by atoms with Crippen LogP contribution in [0.4, 0.5) is 0 Å². The van der Waals surface area contributed by atoms with Gasteiger partial charge >= 0.3 is 0 Å². The maximum atomic E-state index is 2.38. The second-order valence-electron chi connectivity index (χ2n) is 5.78. The summed E-state index contributed by atoms with van der Waals surface area (Å²) < 4.78 is 4.75. The van der Waals surface area contributed by atoms with Gasteiger partial charge in [0.2, 0.25) is 6.33 Å². The fourth-order valence-corrected chi connectivity index (χ4v) is 3.19. The van der Waals surface area contributed by atoms with Gasteiger partial charge < -0.3 is 0 Å². The molecule has 2 heteroatoms. The third-order valence-electron chi connectivity index (χ3n) is 4.25. The van der Waals surface area contributed by atoms with E-state index < -0.39 is 0 Å². The van der Waals surface area contributed by atoms with Crippen molar-refractivity contribution in [1.82, 2.24) is 4.57 Å². The first-order chi connectivity index (χ1) is 10.4. The monoisotopic (exact) mass is 275 g/mol. The molecule has 0 saturated carbocycles. The Morgan fingerprint density at radius 1 is 0.857 bits per heavy atom. The fourth-order valence-electron chi connectivity index (χ4n) is 3.19. The minimum Gasteiger partial charge on any atom is -0.229 e. The van der Waals surface area contributed by atoms with Gasteiger partial charge in [-0.3, -0.25) is 0 Å². The van der Waals surface area contributed by atoms with Gasteiger partial charge in [0.25, 0.3) is 0 Å². The molecule has 2 aliphatic rings. The molecule has 0 unspecified atom stereocenters. The largest absolute Gasteiger partial charge is 0.244 e. The van der Waals surface area contributed by atoms with Crippen molar-refractivity contribution >= 4 is 11.0 Å². The molecule has 0 saturated heterocycles. The molecule has 1 aromatic carbocycles. The van der Waals surface area contributed by atoms with Crippen LogP contribution in [0.2, 0.25) is 0 Å². The van der Waals surface area contributed by atoms with E-state index in [2.05, 4.69) is 88.3 Å². The normalized spacial score (nSPS) is 17.7. The number of para-hydroxylation sites is 2. The Labute approximate surface area is 125 Å². The molecule has 104 valence electrons. The van der Waals surface area contributed by atoms with Crippen LogP contribution < -0.4 is 4.57 Å². The zero-order valence-corrected chi connectivity index (χ0v) is 12.0. The zero-order chi connectivity index (χ0) is 14.1. The van der Waals surface area contributed by atoms with E-state index in [4.69, 9.17) is 0 Å². The van der Waals surface area contributed by atoms with E-state index in [1.165, 1.54) is 11.0 Å². The van der Waals surface area contributed by atoms with Crippen LogP contribution in [0.25, 0.3) is 11.0 Å². The summed E-state index contributed by atoms with van der Waals surface area (Å²) in [6, 6.07) is 8.68. The average Bonchev–Trinajstić information content (AvgIpc) is 3.23. The predicted molar refractivity (Wildman–Crippen MR) is 85.7 cm³/mol. The smallest absolute Gasteiger partial charge is 0.229 e. The van der Waals surface area contributed by atoms with Crippen molar-refractivity contribution in [2.45, 2.75) is 13.1 Å². The van der Waals surface area contributed by atoms with Crippen molar-refractivity contribution in [3.8, 4) is 0 Å². The maximum Gasteiger partial charge on any atom is 0.244 e. The van der Waals surface area contributed by atoms with Crippen molar-refractivity contribution in [3.05, 3.63) is 79.2 Å². The molecule has 1 heterocycles. The number of rotatable bonds is 4. The molecule has 0 fully saturated rings. The first-order valence-corrected chi connectivity index (χ1v) is 7.57. The van der Waals surface area contributed by atoms with E-state index in [0.29, 0.717) is 11.8 Å². The number of imidazole rings is 1. The van der Waals surface area contributed by atoms with Crippen LogP contribution in [-0.4, -0.2) is 4.57 Å². The van der Waals surface area contributed by atoms with Crippen molar-refractivity contribution in [2.24, 2.45) is 11.8 Å². The van der Waals surface area contributed by atoms with Crippen LogP contribution in [0.3, 0.4) is 0 Å². The number of hydrogen-bond acceptors (Lipinski definition) is 0. The minimum absolute atomic E-state index is 0.514. The van der Waals surface area contributed by atoms with Gasteiger partial charge in [-0.25, -0.2) is 9.13 Å². The van der Waals surface area contributed by atoms with Gasteiger partial charge in [-0.1, -0.05) is 60.7 Å². The summed E-state index contributed by atoms with van der Waals surface area (Å²) in [5, 5.41) is 0. The molecule has 0 spiro atoms. The van der Waals surface area contributed by atoms with Crippen molar-refractivity contribution in [3.63, 3.8) is 0 Å².